The zero-order valence-corrected chi connectivity index (χ0v) is 22.3. The Morgan fingerprint density at radius 1 is 1.14 bits per heavy atom. The van der Waals surface area contributed by atoms with E-state index >= 15 is 0 Å². The van der Waals surface area contributed by atoms with Crippen molar-refractivity contribution in [1.82, 2.24) is 5.32 Å². The summed E-state index contributed by atoms with van der Waals surface area (Å²) in [7, 11) is 0. The first kappa shape index (κ1) is 25.3. The zero-order chi connectivity index (χ0) is 25.2. The number of thiophene rings is 1. The van der Waals surface area contributed by atoms with Gasteiger partial charge < -0.3 is 10.1 Å². The van der Waals surface area contributed by atoms with E-state index in [2.05, 4.69) is 31.4 Å². The minimum Gasteiger partial charge on any atom is -0.462 e. The predicted molar refractivity (Wildman–Crippen MR) is 147 cm³/mol. The van der Waals surface area contributed by atoms with Crippen molar-refractivity contribution in [1.29, 1.82) is 0 Å². The van der Waals surface area contributed by atoms with Gasteiger partial charge in [-0.2, -0.15) is 0 Å². The van der Waals surface area contributed by atoms with Crippen LogP contribution in [0.5, 0.6) is 0 Å². The van der Waals surface area contributed by atoms with Crippen molar-refractivity contribution in [2.24, 2.45) is 11.3 Å². The van der Waals surface area contributed by atoms with Crippen LogP contribution in [0.4, 0.5) is 5.00 Å². The number of rotatable bonds is 6. The van der Waals surface area contributed by atoms with E-state index in [0.29, 0.717) is 28.7 Å². The topological polar surface area (TPSA) is 67.4 Å². The molecule has 5 nitrogen and oxygen atoms in total. The molecule has 0 spiro atoms. The van der Waals surface area contributed by atoms with Crippen molar-refractivity contribution in [3.8, 4) is 0 Å². The fraction of sp³-hybridized carbons (Fsp3) is 0.393. The van der Waals surface area contributed by atoms with Crippen LogP contribution in [-0.2, 0) is 17.6 Å². The number of thiocarbonyl (C=S) groups is 1. The molecule has 0 aliphatic heterocycles. The number of anilines is 1. The molecular weight excluding hydrogens is 476 g/mol. The largest absolute Gasteiger partial charge is 0.462 e. The number of amides is 1. The first-order chi connectivity index (χ1) is 16.7. The van der Waals surface area contributed by atoms with Crippen LogP contribution >= 0.6 is 23.6 Å². The summed E-state index contributed by atoms with van der Waals surface area (Å²) in [5.41, 5.74) is 2.40. The maximum atomic E-state index is 13.0. The Hall–Kier alpha value is -2.77. The lowest BCUT2D eigenvalue weighted by molar-refractivity contribution is 0.0526. The summed E-state index contributed by atoms with van der Waals surface area (Å²) in [6.07, 6.45) is 3.92. The number of hydrogen-bond acceptors (Lipinski definition) is 5. The number of ether oxygens (including phenoxy) is 1. The first-order valence-corrected chi connectivity index (χ1v) is 13.4. The molecule has 2 aromatic carbocycles. The second kappa shape index (κ2) is 10.5. The molecular formula is C28H32N2O3S2. The Kier molecular flexibility index (Phi) is 7.57. The average molecular weight is 509 g/mol. The van der Waals surface area contributed by atoms with Crippen molar-refractivity contribution in [3.63, 3.8) is 0 Å². The monoisotopic (exact) mass is 508 g/mol. The number of hydrogen-bond donors (Lipinski definition) is 2. The highest BCUT2D eigenvalue weighted by molar-refractivity contribution is 7.80. The van der Waals surface area contributed by atoms with Gasteiger partial charge in [-0.1, -0.05) is 63.6 Å². The van der Waals surface area contributed by atoms with Crippen LogP contribution in [0.15, 0.2) is 42.5 Å². The van der Waals surface area contributed by atoms with Crippen molar-refractivity contribution in [2.45, 2.75) is 53.4 Å². The molecule has 1 atom stereocenters. The fourth-order valence-electron chi connectivity index (χ4n) is 4.78. The van der Waals surface area contributed by atoms with Crippen LogP contribution in [0.3, 0.4) is 0 Å². The van der Waals surface area contributed by atoms with Crippen molar-refractivity contribution >= 4 is 56.3 Å². The van der Waals surface area contributed by atoms with Crippen LogP contribution in [0.1, 0.15) is 71.7 Å². The number of nitrogens with one attached hydrogen (secondary N) is 2. The Labute approximate surface area is 216 Å². The second-order valence-electron chi connectivity index (χ2n) is 9.65. The molecule has 1 heterocycles. The highest BCUT2D eigenvalue weighted by Crippen LogP contribution is 2.45. The normalized spacial score (nSPS) is 15.4. The Morgan fingerprint density at radius 3 is 2.63 bits per heavy atom. The van der Waals surface area contributed by atoms with E-state index in [4.69, 9.17) is 17.0 Å². The highest BCUT2D eigenvalue weighted by atomic mass is 32.1. The molecule has 7 heteroatoms. The maximum absolute atomic E-state index is 13.0. The molecule has 0 fully saturated rings. The quantitative estimate of drug-likeness (QED) is 0.285. The van der Waals surface area contributed by atoms with Gasteiger partial charge in [0.15, 0.2) is 5.11 Å². The molecule has 0 radical (unpaired) electrons. The van der Waals surface area contributed by atoms with Crippen LogP contribution in [-0.4, -0.2) is 23.6 Å². The maximum Gasteiger partial charge on any atom is 0.341 e. The van der Waals surface area contributed by atoms with E-state index in [0.717, 1.165) is 42.0 Å². The SMILES string of the molecule is CCOC(=O)c1c(NC(=S)NC(=O)c2cccc3ccccc23)sc2c1CC[C@@H](C(C)(C)CC)C2. The molecule has 1 aliphatic carbocycles. The van der Waals surface area contributed by atoms with E-state index in [9.17, 15) is 9.59 Å². The second-order valence-corrected chi connectivity index (χ2v) is 11.2. The van der Waals surface area contributed by atoms with Crippen molar-refractivity contribution in [2.75, 3.05) is 11.9 Å². The zero-order valence-electron chi connectivity index (χ0n) is 20.7. The average Bonchev–Trinajstić information content (AvgIpc) is 3.20. The third-order valence-electron chi connectivity index (χ3n) is 7.25. The van der Waals surface area contributed by atoms with Crippen molar-refractivity contribution in [3.05, 3.63) is 64.0 Å². The lowest BCUT2D eigenvalue weighted by Crippen LogP contribution is -2.34. The summed E-state index contributed by atoms with van der Waals surface area (Å²) < 4.78 is 5.39. The van der Waals surface area contributed by atoms with E-state index in [-0.39, 0.29) is 22.4 Å². The fourth-order valence-corrected chi connectivity index (χ4v) is 6.36. The van der Waals surface area contributed by atoms with Crippen molar-refractivity contribution < 1.29 is 14.3 Å². The number of carbonyl (C=O) groups is 2. The van der Waals surface area contributed by atoms with Crippen LogP contribution < -0.4 is 10.6 Å². The standard InChI is InChI=1S/C28H32N2O3S2/c1-5-28(3,4)18-14-15-21-22(16-18)35-25(23(21)26(32)33-6-2)30-27(34)29-24(31)20-13-9-11-17-10-7-8-12-19(17)20/h7-13,18H,5-6,14-16H2,1-4H3,(H2,29,30,31,34)/t18-/m1/s1. The summed E-state index contributed by atoms with van der Waals surface area (Å²) in [4.78, 5) is 27.2. The summed E-state index contributed by atoms with van der Waals surface area (Å²) in [5, 5.41) is 8.59. The summed E-state index contributed by atoms with van der Waals surface area (Å²) in [5.74, 6) is -0.0773. The first-order valence-electron chi connectivity index (χ1n) is 12.2. The molecule has 1 amide bonds. The summed E-state index contributed by atoms with van der Waals surface area (Å²) >= 11 is 7.05. The molecule has 0 unspecified atom stereocenters. The number of benzene rings is 2. The minimum absolute atomic E-state index is 0.164. The third-order valence-corrected chi connectivity index (χ3v) is 8.62. The van der Waals surface area contributed by atoms with Gasteiger partial charge in [-0.25, -0.2) is 4.79 Å². The third kappa shape index (κ3) is 5.26. The highest BCUT2D eigenvalue weighted by Gasteiger charge is 2.35. The molecule has 4 rings (SSSR count). The number of fused-ring (bicyclic) bond motifs is 2. The Morgan fingerprint density at radius 2 is 1.89 bits per heavy atom. The van der Waals surface area contributed by atoms with Gasteiger partial charge in [-0.05, 0) is 72.1 Å². The molecule has 1 aromatic heterocycles. The van der Waals surface area contributed by atoms with Gasteiger partial charge in [0.05, 0.1) is 12.2 Å². The van der Waals surface area contributed by atoms with E-state index in [1.54, 1.807) is 24.3 Å². The lowest BCUT2D eigenvalue weighted by Gasteiger charge is -2.36. The van der Waals surface area contributed by atoms with Crippen LogP contribution in [0, 0.1) is 11.3 Å². The molecule has 2 N–H and O–H groups in total. The smallest absolute Gasteiger partial charge is 0.341 e. The van der Waals surface area contributed by atoms with Gasteiger partial charge in [0.1, 0.15) is 5.00 Å². The molecule has 35 heavy (non-hydrogen) atoms. The Balaban J connectivity index is 1.58. The van der Waals surface area contributed by atoms with Crippen LogP contribution in [0.2, 0.25) is 0 Å². The molecule has 0 bridgehead atoms. The Bertz CT molecular complexity index is 1270. The van der Waals surface area contributed by atoms with E-state index < -0.39 is 0 Å². The van der Waals surface area contributed by atoms with E-state index in [1.807, 2.05) is 36.4 Å². The van der Waals surface area contributed by atoms with Gasteiger partial charge in [0.2, 0.25) is 0 Å². The summed E-state index contributed by atoms with van der Waals surface area (Å²) in [6.45, 7) is 8.98. The molecule has 1 aliphatic rings. The van der Waals surface area contributed by atoms with E-state index in [1.165, 1.54) is 4.88 Å². The minimum atomic E-state index is -0.344. The molecule has 3 aromatic rings. The molecule has 184 valence electrons. The number of esters is 1. The predicted octanol–water partition coefficient (Wildman–Crippen LogP) is 6.75. The van der Waals surface area contributed by atoms with Gasteiger partial charge >= 0.3 is 5.97 Å². The molecule has 0 saturated carbocycles. The number of carbonyl (C=O) groups excluding carboxylic acids is 2. The summed E-state index contributed by atoms with van der Waals surface area (Å²) in [6, 6.07) is 13.3. The van der Waals surface area contributed by atoms with Gasteiger partial charge in [0, 0.05) is 10.4 Å². The van der Waals surface area contributed by atoms with Gasteiger partial charge in [0.25, 0.3) is 5.91 Å². The van der Waals surface area contributed by atoms with Gasteiger partial charge in [-0.15, -0.1) is 11.3 Å². The molecule has 0 saturated heterocycles. The van der Waals surface area contributed by atoms with Crippen LogP contribution in [0.25, 0.3) is 10.8 Å². The van der Waals surface area contributed by atoms with Gasteiger partial charge in [-0.3, -0.25) is 10.1 Å². The lowest BCUT2D eigenvalue weighted by atomic mass is 9.69.